The monoisotopic (exact) mass is 251 g/mol. The molecule has 2 saturated heterocycles. The Morgan fingerprint density at radius 2 is 2.29 bits per heavy atom. The zero-order valence-electron chi connectivity index (χ0n) is 9.50. The second kappa shape index (κ2) is 3.80. The van der Waals surface area contributed by atoms with E-state index >= 15 is 0 Å². The SMILES string of the molecule is C[C@@H]1CCN2C(=O)N(c3nccs3)C(=O)[C@@H]2C1. The third-order valence-corrected chi connectivity index (χ3v) is 4.17. The summed E-state index contributed by atoms with van der Waals surface area (Å²) in [6.07, 6.45) is 3.36. The highest BCUT2D eigenvalue weighted by Crippen LogP contribution is 2.33. The van der Waals surface area contributed by atoms with Crippen LogP contribution in [0, 0.1) is 5.92 Å². The van der Waals surface area contributed by atoms with E-state index in [0.29, 0.717) is 17.6 Å². The average Bonchev–Trinajstić information content (AvgIpc) is 2.88. The number of urea groups is 1. The van der Waals surface area contributed by atoms with Gasteiger partial charge in [0.2, 0.25) is 5.13 Å². The Labute approximate surface area is 103 Å². The van der Waals surface area contributed by atoms with Crippen molar-refractivity contribution in [3.05, 3.63) is 11.6 Å². The van der Waals surface area contributed by atoms with Gasteiger partial charge < -0.3 is 4.90 Å². The van der Waals surface area contributed by atoms with Crippen LogP contribution in [0.3, 0.4) is 0 Å². The highest BCUT2D eigenvalue weighted by Gasteiger charge is 2.48. The Bertz CT molecular complexity index is 459. The molecule has 0 unspecified atom stereocenters. The second-order valence-electron chi connectivity index (χ2n) is 4.61. The molecule has 0 aromatic carbocycles. The first-order chi connectivity index (χ1) is 8.18. The number of imide groups is 1. The molecular formula is C11H13N3O2S. The second-order valence-corrected chi connectivity index (χ2v) is 5.48. The number of aromatic nitrogens is 1. The van der Waals surface area contributed by atoms with Crippen molar-refractivity contribution in [1.82, 2.24) is 9.88 Å². The Balaban J connectivity index is 1.93. The van der Waals surface area contributed by atoms with Crippen molar-refractivity contribution < 1.29 is 9.59 Å². The maximum Gasteiger partial charge on any atom is 0.333 e. The molecule has 17 heavy (non-hydrogen) atoms. The van der Waals surface area contributed by atoms with E-state index in [1.807, 2.05) is 0 Å². The number of thiazole rings is 1. The first-order valence-electron chi connectivity index (χ1n) is 5.72. The van der Waals surface area contributed by atoms with Gasteiger partial charge in [-0.1, -0.05) is 6.92 Å². The van der Waals surface area contributed by atoms with Gasteiger partial charge in [0.15, 0.2) is 0 Å². The van der Waals surface area contributed by atoms with Crippen LogP contribution in [0.15, 0.2) is 11.6 Å². The molecule has 0 spiro atoms. The lowest BCUT2D eigenvalue weighted by Crippen LogP contribution is -2.41. The summed E-state index contributed by atoms with van der Waals surface area (Å²) in [6.45, 7) is 2.80. The molecule has 2 fully saturated rings. The van der Waals surface area contributed by atoms with Crippen LogP contribution in [0.4, 0.5) is 9.93 Å². The van der Waals surface area contributed by atoms with Gasteiger partial charge in [0.25, 0.3) is 5.91 Å². The highest BCUT2D eigenvalue weighted by atomic mass is 32.1. The smallest absolute Gasteiger partial charge is 0.312 e. The van der Waals surface area contributed by atoms with Crippen LogP contribution >= 0.6 is 11.3 Å². The molecule has 5 nitrogen and oxygen atoms in total. The van der Waals surface area contributed by atoms with Crippen molar-refractivity contribution in [2.24, 2.45) is 5.92 Å². The molecule has 3 heterocycles. The van der Waals surface area contributed by atoms with Crippen molar-refractivity contribution in [2.75, 3.05) is 11.4 Å². The summed E-state index contributed by atoms with van der Waals surface area (Å²) in [7, 11) is 0. The lowest BCUT2D eigenvalue weighted by Gasteiger charge is -2.30. The molecule has 2 aliphatic heterocycles. The lowest BCUT2D eigenvalue weighted by molar-refractivity contribution is -0.120. The van der Waals surface area contributed by atoms with Crippen LogP contribution in [0.5, 0.6) is 0 Å². The van der Waals surface area contributed by atoms with Gasteiger partial charge in [0, 0.05) is 18.1 Å². The van der Waals surface area contributed by atoms with E-state index in [-0.39, 0.29) is 18.0 Å². The number of hydrogen-bond donors (Lipinski definition) is 0. The molecule has 0 saturated carbocycles. The predicted octanol–water partition coefficient (Wildman–Crippen LogP) is 1.71. The van der Waals surface area contributed by atoms with Crippen molar-refractivity contribution in [3.8, 4) is 0 Å². The fourth-order valence-electron chi connectivity index (χ4n) is 2.48. The normalized spacial score (nSPS) is 28.8. The number of carbonyl (C=O) groups is 2. The predicted molar refractivity (Wildman–Crippen MR) is 63.9 cm³/mol. The van der Waals surface area contributed by atoms with Crippen LogP contribution in [-0.2, 0) is 4.79 Å². The number of nitrogens with zero attached hydrogens (tertiary/aromatic N) is 3. The molecule has 0 bridgehead atoms. The molecule has 0 N–H and O–H groups in total. The molecule has 1 aromatic heterocycles. The summed E-state index contributed by atoms with van der Waals surface area (Å²) in [6, 6.07) is -0.475. The van der Waals surface area contributed by atoms with Crippen LogP contribution in [-0.4, -0.2) is 34.4 Å². The third kappa shape index (κ3) is 1.55. The number of amides is 3. The minimum Gasteiger partial charge on any atom is -0.312 e. The highest BCUT2D eigenvalue weighted by molar-refractivity contribution is 7.14. The number of carbonyl (C=O) groups excluding carboxylic acids is 2. The van der Waals surface area contributed by atoms with Gasteiger partial charge >= 0.3 is 6.03 Å². The number of hydrogen-bond acceptors (Lipinski definition) is 4. The zero-order chi connectivity index (χ0) is 12.0. The Kier molecular flexibility index (Phi) is 2.39. The molecule has 2 aliphatic rings. The number of piperidine rings is 1. The molecule has 1 aromatic rings. The zero-order valence-corrected chi connectivity index (χ0v) is 10.3. The van der Waals surface area contributed by atoms with E-state index in [0.717, 1.165) is 12.8 Å². The van der Waals surface area contributed by atoms with Crippen LogP contribution in [0.25, 0.3) is 0 Å². The summed E-state index contributed by atoms with van der Waals surface area (Å²) >= 11 is 1.32. The maximum atomic E-state index is 12.2. The fourth-order valence-corrected chi connectivity index (χ4v) is 3.12. The van der Waals surface area contributed by atoms with Crippen molar-refractivity contribution >= 4 is 28.4 Å². The van der Waals surface area contributed by atoms with Gasteiger partial charge in [-0.05, 0) is 18.8 Å². The van der Waals surface area contributed by atoms with Crippen LogP contribution in [0.1, 0.15) is 19.8 Å². The molecule has 3 rings (SSSR count). The molecule has 0 aliphatic carbocycles. The molecule has 2 atom stereocenters. The first-order valence-corrected chi connectivity index (χ1v) is 6.60. The Morgan fingerprint density at radius 1 is 1.47 bits per heavy atom. The summed E-state index contributed by atoms with van der Waals surface area (Å²) in [5.74, 6) is 0.390. The van der Waals surface area contributed by atoms with Crippen molar-refractivity contribution in [2.45, 2.75) is 25.8 Å². The number of fused-ring (bicyclic) bond motifs is 1. The summed E-state index contributed by atoms with van der Waals surface area (Å²) in [4.78, 5) is 31.3. The number of rotatable bonds is 1. The van der Waals surface area contributed by atoms with Crippen LogP contribution < -0.4 is 4.90 Å². The topological polar surface area (TPSA) is 53.5 Å². The quantitative estimate of drug-likeness (QED) is 0.714. The first kappa shape index (κ1) is 10.7. The van der Waals surface area contributed by atoms with Gasteiger partial charge in [0.05, 0.1) is 0 Å². The van der Waals surface area contributed by atoms with Gasteiger partial charge in [-0.3, -0.25) is 4.79 Å². The molecule has 6 heteroatoms. The largest absolute Gasteiger partial charge is 0.333 e. The summed E-state index contributed by atoms with van der Waals surface area (Å²) in [5, 5.41) is 2.26. The molecule has 0 radical (unpaired) electrons. The van der Waals surface area contributed by atoms with Crippen molar-refractivity contribution in [1.29, 1.82) is 0 Å². The molecule has 3 amide bonds. The standard InChI is InChI=1S/C11H13N3O2S/c1-7-2-4-13-8(6-7)9(15)14(11(13)16)10-12-3-5-17-10/h3,5,7-8H,2,4,6H2,1H3/t7-,8+/m1/s1. The van der Waals surface area contributed by atoms with E-state index in [4.69, 9.17) is 0 Å². The minimum atomic E-state index is -0.268. The van der Waals surface area contributed by atoms with E-state index in [9.17, 15) is 9.59 Å². The Hall–Kier alpha value is -1.43. The summed E-state index contributed by atoms with van der Waals surface area (Å²) < 4.78 is 0. The third-order valence-electron chi connectivity index (χ3n) is 3.42. The van der Waals surface area contributed by atoms with Gasteiger partial charge in [-0.25, -0.2) is 14.7 Å². The van der Waals surface area contributed by atoms with Gasteiger partial charge in [0.1, 0.15) is 6.04 Å². The number of anilines is 1. The summed E-state index contributed by atoms with van der Waals surface area (Å²) in [5.41, 5.74) is 0. The minimum absolute atomic E-state index is 0.114. The average molecular weight is 251 g/mol. The molecular weight excluding hydrogens is 238 g/mol. The molecule has 90 valence electrons. The Morgan fingerprint density at radius 3 is 3.00 bits per heavy atom. The van der Waals surface area contributed by atoms with Gasteiger partial charge in [-0.15, -0.1) is 11.3 Å². The lowest BCUT2D eigenvalue weighted by atomic mass is 9.93. The van der Waals surface area contributed by atoms with Crippen LogP contribution in [0.2, 0.25) is 0 Å². The van der Waals surface area contributed by atoms with E-state index in [2.05, 4.69) is 11.9 Å². The maximum absolute atomic E-state index is 12.2. The van der Waals surface area contributed by atoms with E-state index in [1.165, 1.54) is 16.2 Å². The fraction of sp³-hybridized carbons (Fsp3) is 0.545. The van der Waals surface area contributed by atoms with E-state index in [1.54, 1.807) is 16.5 Å². The van der Waals surface area contributed by atoms with Crippen molar-refractivity contribution in [3.63, 3.8) is 0 Å². The van der Waals surface area contributed by atoms with E-state index < -0.39 is 0 Å². The van der Waals surface area contributed by atoms with Gasteiger partial charge in [-0.2, -0.15) is 0 Å².